The van der Waals surface area contributed by atoms with Crippen molar-refractivity contribution in [2.24, 2.45) is 5.84 Å². The van der Waals surface area contributed by atoms with Crippen LogP contribution in [0.15, 0.2) is 18.2 Å². The van der Waals surface area contributed by atoms with Crippen LogP contribution in [0.3, 0.4) is 0 Å². The molecule has 3 rings (SSSR count). The Kier molecular flexibility index (Phi) is 14.0. The van der Waals surface area contributed by atoms with E-state index in [0.29, 0.717) is 0 Å². The highest BCUT2D eigenvalue weighted by Crippen LogP contribution is 2.36. The number of nitrogens with two attached hydrogens (primary N) is 1. The van der Waals surface area contributed by atoms with Gasteiger partial charge in [0.05, 0.1) is 11.3 Å². The van der Waals surface area contributed by atoms with Crippen molar-refractivity contribution in [3.05, 3.63) is 45.3 Å². The highest BCUT2D eigenvalue weighted by Gasteiger charge is 2.28. The van der Waals surface area contributed by atoms with Gasteiger partial charge in [0.25, 0.3) is 5.91 Å². The van der Waals surface area contributed by atoms with Gasteiger partial charge in [-0.15, -0.1) is 11.3 Å². The Balaban J connectivity index is 0.000000371. The minimum atomic E-state index is -0.113. The summed E-state index contributed by atoms with van der Waals surface area (Å²) in [7, 11) is 0. The summed E-state index contributed by atoms with van der Waals surface area (Å²) in [6, 6.07) is 5.48. The van der Waals surface area contributed by atoms with Crippen molar-refractivity contribution >= 4 is 39.6 Å². The number of likely N-dealkylation sites (tertiary alicyclic amines) is 1. The van der Waals surface area contributed by atoms with Crippen LogP contribution < -0.4 is 16.6 Å². The summed E-state index contributed by atoms with van der Waals surface area (Å²) in [5, 5.41) is 3.60. The Morgan fingerprint density at radius 1 is 1.03 bits per heavy atom. The normalized spacial score (nSPS) is 12.2. The molecule has 1 aliphatic heterocycles. The molecule has 0 atom stereocenters. The number of Topliss-reactive ketones (excluding diaryl/α,β-unsaturated/α-hetero) is 1. The van der Waals surface area contributed by atoms with Crippen LogP contribution in [0.5, 0.6) is 0 Å². The molecule has 0 aliphatic carbocycles. The minimum absolute atomic E-state index is 0.0817. The number of carbonyl (C=O) groups is 3. The van der Waals surface area contributed by atoms with Crippen molar-refractivity contribution < 1.29 is 14.4 Å². The molecule has 4 N–H and O–H groups in total. The molecule has 2 heterocycles. The molecule has 0 spiro atoms. The SMILES string of the molecule is CC.CCCc1c(CC)sc(NC(C)=O)c1C(=O)N1CCCC1.CCc1cc(C(C)=O)ccc1NN. The van der Waals surface area contributed by atoms with Crippen LogP contribution in [0.2, 0.25) is 0 Å². The zero-order valence-electron chi connectivity index (χ0n) is 23.0. The molecule has 1 aliphatic rings. The van der Waals surface area contributed by atoms with E-state index in [-0.39, 0.29) is 17.6 Å². The third-order valence-corrected chi connectivity index (χ3v) is 7.15. The molecule has 0 radical (unpaired) electrons. The van der Waals surface area contributed by atoms with Crippen molar-refractivity contribution in [2.75, 3.05) is 23.8 Å². The summed E-state index contributed by atoms with van der Waals surface area (Å²) < 4.78 is 0. The number of aryl methyl sites for hydroxylation is 2. The Hall–Kier alpha value is -2.71. The van der Waals surface area contributed by atoms with Gasteiger partial charge in [0, 0.05) is 30.5 Å². The number of nitrogens with zero attached hydrogens (tertiary/aromatic N) is 1. The van der Waals surface area contributed by atoms with Crippen LogP contribution in [0, 0.1) is 0 Å². The topological polar surface area (TPSA) is 105 Å². The first-order valence-electron chi connectivity index (χ1n) is 13.1. The third kappa shape index (κ3) is 8.45. The quantitative estimate of drug-likeness (QED) is 0.219. The van der Waals surface area contributed by atoms with Gasteiger partial charge in [0.2, 0.25) is 5.91 Å². The number of benzene rings is 1. The molecular formula is C28H44N4O3S. The van der Waals surface area contributed by atoms with Gasteiger partial charge in [-0.3, -0.25) is 20.2 Å². The fourth-order valence-electron chi connectivity index (χ4n) is 4.11. The molecule has 1 aromatic carbocycles. The number of carbonyl (C=O) groups excluding carboxylic acids is 3. The largest absolute Gasteiger partial charge is 0.339 e. The lowest BCUT2D eigenvalue weighted by Crippen LogP contribution is -2.29. The number of rotatable bonds is 8. The van der Waals surface area contributed by atoms with Crippen LogP contribution in [0.25, 0.3) is 0 Å². The lowest BCUT2D eigenvalue weighted by molar-refractivity contribution is -0.114. The van der Waals surface area contributed by atoms with Gasteiger partial charge in [-0.2, -0.15) is 0 Å². The molecule has 8 heteroatoms. The van der Waals surface area contributed by atoms with E-state index in [4.69, 9.17) is 5.84 Å². The maximum atomic E-state index is 12.9. The molecule has 0 unspecified atom stereocenters. The molecule has 0 bridgehead atoms. The predicted molar refractivity (Wildman–Crippen MR) is 152 cm³/mol. The van der Waals surface area contributed by atoms with E-state index in [2.05, 4.69) is 24.6 Å². The van der Waals surface area contributed by atoms with Crippen LogP contribution in [-0.4, -0.2) is 35.6 Å². The lowest BCUT2D eigenvalue weighted by Gasteiger charge is -2.17. The average molecular weight is 517 g/mol. The van der Waals surface area contributed by atoms with E-state index >= 15 is 0 Å². The summed E-state index contributed by atoms with van der Waals surface area (Å²) in [6.07, 6.45) is 5.82. The van der Waals surface area contributed by atoms with Crippen LogP contribution in [0.1, 0.15) is 104 Å². The van der Waals surface area contributed by atoms with Crippen LogP contribution in [-0.2, 0) is 24.1 Å². The smallest absolute Gasteiger partial charge is 0.257 e. The molecule has 200 valence electrons. The highest BCUT2D eigenvalue weighted by molar-refractivity contribution is 7.17. The maximum absolute atomic E-state index is 12.9. The summed E-state index contributed by atoms with van der Waals surface area (Å²) in [6.45, 7) is 15.0. The lowest BCUT2D eigenvalue weighted by atomic mass is 10.0. The number of hydrazine groups is 1. The summed E-state index contributed by atoms with van der Waals surface area (Å²) >= 11 is 1.56. The van der Waals surface area contributed by atoms with Crippen molar-refractivity contribution in [1.82, 2.24) is 4.90 Å². The van der Waals surface area contributed by atoms with Crippen LogP contribution in [0.4, 0.5) is 10.7 Å². The Labute approximate surface area is 220 Å². The zero-order valence-corrected chi connectivity index (χ0v) is 23.9. The summed E-state index contributed by atoms with van der Waals surface area (Å²) in [5.41, 5.74) is 7.17. The molecule has 0 saturated carbocycles. The number of amides is 2. The van der Waals surface area contributed by atoms with Gasteiger partial charge in [0.15, 0.2) is 5.78 Å². The first-order chi connectivity index (χ1) is 17.3. The molecule has 36 heavy (non-hydrogen) atoms. The Morgan fingerprint density at radius 2 is 1.67 bits per heavy atom. The second-order valence-electron chi connectivity index (χ2n) is 8.42. The molecule has 1 fully saturated rings. The summed E-state index contributed by atoms with van der Waals surface area (Å²) in [4.78, 5) is 38.5. The van der Waals surface area contributed by atoms with E-state index < -0.39 is 0 Å². The Bertz CT molecular complexity index is 1010. The average Bonchev–Trinajstić information content (AvgIpc) is 3.53. The van der Waals surface area contributed by atoms with Gasteiger partial charge in [-0.1, -0.05) is 41.0 Å². The van der Waals surface area contributed by atoms with Gasteiger partial charge in [-0.25, -0.2) is 0 Å². The number of hydrogen-bond acceptors (Lipinski definition) is 6. The number of thiophene rings is 1. The van der Waals surface area contributed by atoms with Crippen molar-refractivity contribution in [2.45, 2.75) is 87.0 Å². The van der Waals surface area contributed by atoms with Gasteiger partial charge < -0.3 is 15.6 Å². The molecule has 2 amide bonds. The second-order valence-corrected chi connectivity index (χ2v) is 9.52. The second kappa shape index (κ2) is 16.1. The monoisotopic (exact) mass is 516 g/mol. The van der Waals surface area contributed by atoms with Crippen LogP contribution >= 0.6 is 11.3 Å². The van der Waals surface area contributed by atoms with Crippen molar-refractivity contribution in [3.8, 4) is 0 Å². The molecule has 1 saturated heterocycles. The Morgan fingerprint density at radius 3 is 2.14 bits per heavy atom. The molecule has 2 aromatic rings. The number of anilines is 2. The fourth-order valence-corrected chi connectivity index (χ4v) is 5.34. The van der Waals surface area contributed by atoms with Crippen molar-refractivity contribution in [1.29, 1.82) is 0 Å². The van der Waals surface area contributed by atoms with E-state index in [0.717, 1.165) is 84.6 Å². The van der Waals surface area contributed by atoms with E-state index in [1.165, 1.54) is 11.8 Å². The van der Waals surface area contributed by atoms with Gasteiger partial charge in [0.1, 0.15) is 5.00 Å². The van der Waals surface area contributed by atoms with E-state index in [1.54, 1.807) is 24.3 Å². The first-order valence-corrected chi connectivity index (χ1v) is 13.9. The number of ketones is 1. The van der Waals surface area contributed by atoms with Gasteiger partial charge in [-0.05, 0) is 68.4 Å². The van der Waals surface area contributed by atoms with Crippen molar-refractivity contribution in [3.63, 3.8) is 0 Å². The molecule has 1 aromatic heterocycles. The number of hydrogen-bond donors (Lipinski definition) is 3. The molecular weight excluding hydrogens is 472 g/mol. The maximum Gasteiger partial charge on any atom is 0.257 e. The minimum Gasteiger partial charge on any atom is -0.339 e. The standard InChI is InChI=1S/C16H24N2O2S.C10H14N2O.C2H6/c1-4-8-12-13(5-2)21-15(17-11(3)19)14(12)16(20)18-9-6-7-10-18;1-3-8-6-9(7(2)13)4-5-10(8)12-11;1-2/h4-10H2,1-3H3,(H,17,19);4-6,12H,3,11H2,1-2H3;1-2H3. The van der Waals surface area contributed by atoms with Gasteiger partial charge >= 0.3 is 0 Å². The van der Waals surface area contributed by atoms with E-state index in [1.807, 2.05) is 37.8 Å². The summed E-state index contributed by atoms with van der Waals surface area (Å²) in [5.74, 6) is 5.38. The third-order valence-electron chi connectivity index (χ3n) is 5.86. The predicted octanol–water partition coefficient (Wildman–Crippen LogP) is 6.22. The van der Waals surface area contributed by atoms with E-state index in [9.17, 15) is 14.4 Å². The number of nitrogens with one attached hydrogen (secondary N) is 2. The number of nitrogen functional groups attached to an aromatic ring is 1. The molecule has 7 nitrogen and oxygen atoms in total. The highest BCUT2D eigenvalue weighted by atomic mass is 32.1. The fraction of sp³-hybridized carbons (Fsp3) is 0.536. The first kappa shape index (κ1) is 31.3. The zero-order chi connectivity index (χ0) is 27.3.